The standard InChI is InChI=1S/C24H24N2Si.C18H15B/c1-2-20-10-9-15-23(18-20)27-24(26-17-16-25-19-26,21-11-5-3-6-12-21)22-13-7-4-8-14-22;1-4-10-16(11-5-1)19(17-12-6-2-7-13-17)18-14-8-3-9-15-18/h3-19H,2,27H2,1H3;1-15H. The first kappa shape index (κ1) is 30.8. The van der Waals surface area contributed by atoms with Gasteiger partial charge < -0.3 is 4.57 Å². The van der Waals surface area contributed by atoms with Gasteiger partial charge in [0.2, 0.25) is 6.71 Å². The first-order chi connectivity index (χ1) is 22.8. The third-order valence-electron chi connectivity index (χ3n) is 8.71. The molecule has 0 aliphatic carbocycles. The molecule has 6 aromatic carbocycles. The smallest absolute Gasteiger partial charge is 0.241 e. The van der Waals surface area contributed by atoms with Gasteiger partial charge in [0.1, 0.15) is 0 Å². The summed E-state index contributed by atoms with van der Waals surface area (Å²) in [6.45, 7) is 2.53. The lowest BCUT2D eigenvalue weighted by Crippen LogP contribution is -2.51. The van der Waals surface area contributed by atoms with Crippen molar-refractivity contribution < 1.29 is 0 Å². The van der Waals surface area contributed by atoms with Crippen LogP contribution in [-0.4, -0.2) is 25.8 Å². The lowest BCUT2D eigenvalue weighted by molar-refractivity contribution is 0.596. The number of nitrogens with zero attached hydrogens (tertiary/aromatic N) is 2. The molecule has 0 fully saturated rings. The number of aromatic nitrogens is 2. The summed E-state index contributed by atoms with van der Waals surface area (Å²) in [6, 6.07) is 62.9. The molecule has 224 valence electrons. The van der Waals surface area contributed by atoms with Crippen molar-refractivity contribution in [1.29, 1.82) is 0 Å². The highest BCUT2D eigenvalue weighted by molar-refractivity contribution is 6.95. The van der Waals surface area contributed by atoms with Crippen molar-refractivity contribution in [2.45, 2.75) is 18.5 Å². The summed E-state index contributed by atoms with van der Waals surface area (Å²) in [5.74, 6) is 0. The Kier molecular flexibility index (Phi) is 10.2. The zero-order chi connectivity index (χ0) is 31.4. The molecule has 0 spiro atoms. The van der Waals surface area contributed by atoms with Crippen LogP contribution in [0.3, 0.4) is 0 Å². The molecule has 0 aliphatic rings. The summed E-state index contributed by atoms with van der Waals surface area (Å²) in [4.78, 5) is 4.40. The van der Waals surface area contributed by atoms with Gasteiger partial charge in [-0.3, -0.25) is 0 Å². The summed E-state index contributed by atoms with van der Waals surface area (Å²) < 4.78 is 2.31. The Morgan fingerprint density at radius 1 is 0.565 bits per heavy atom. The number of hydrogen-bond acceptors (Lipinski definition) is 1. The van der Waals surface area contributed by atoms with E-state index in [1.54, 1.807) is 0 Å². The SMILES string of the molecule is CCc1cccc([SiH2]C(c2ccccc2)(c2ccccc2)n2ccnc2)c1.c1ccc(B(c2ccccc2)c2ccccc2)cc1. The molecule has 0 unspecified atom stereocenters. The first-order valence-corrected chi connectivity index (χ1v) is 17.5. The van der Waals surface area contributed by atoms with Crippen LogP contribution in [0.25, 0.3) is 0 Å². The van der Waals surface area contributed by atoms with Gasteiger partial charge in [0.15, 0.2) is 0 Å². The largest absolute Gasteiger partial charge is 0.326 e. The van der Waals surface area contributed by atoms with Crippen LogP contribution in [-0.2, 0) is 11.6 Å². The van der Waals surface area contributed by atoms with Crippen LogP contribution in [0.5, 0.6) is 0 Å². The zero-order valence-corrected chi connectivity index (χ0v) is 27.8. The van der Waals surface area contributed by atoms with Crippen molar-refractivity contribution in [3.05, 3.63) is 211 Å². The minimum atomic E-state index is -0.778. The number of hydrogen-bond donors (Lipinski definition) is 0. The summed E-state index contributed by atoms with van der Waals surface area (Å²) >= 11 is 0. The molecule has 46 heavy (non-hydrogen) atoms. The Labute approximate surface area is 276 Å². The lowest BCUT2D eigenvalue weighted by Gasteiger charge is -2.37. The fraction of sp³-hybridized carbons (Fsp3) is 0.0714. The number of rotatable bonds is 9. The molecule has 4 heteroatoms. The van der Waals surface area contributed by atoms with E-state index in [1.165, 1.54) is 38.3 Å². The van der Waals surface area contributed by atoms with Crippen LogP contribution in [0.2, 0.25) is 0 Å². The molecule has 0 atom stereocenters. The quantitative estimate of drug-likeness (QED) is 0.187. The number of imidazole rings is 1. The van der Waals surface area contributed by atoms with E-state index in [9.17, 15) is 0 Å². The van der Waals surface area contributed by atoms with Gasteiger partial charge in [0.25, 0.3) is 0 Å². The van der Waals surface area contributed by atoms with E-state index in [-0.39, 0.29) is 5.16 Å². The first-order valence-electron chi connectivity index (χ1n) is 16.1. The molecule has 2 nitrogen and oxygen atoms in total. The van der Waals surface area contributed by atoms with Crippen molar-refractivity contribution in [3.63, 3.8) is 0 Å². The normalized spacial score (nSPS) is 11.2. The van der Waals surface area contributed by atoms with Gasteiger partial charge in [-0.05, 0) is 23.1 Å². The summed E-state index contributed by atoms with van der Waals surface area (Å²) in [7, 11) is -0.778. The Hall–Kier alpha value is -5.19. The van der Waals surface area contributed by atoms with Gasteiger partial charge >= 0.3 is 0 Å². The van der Waals surface area contributed by atoms with E-state index in [1.807, 2.05) is 12.5 Å². The molecule has 0 bridgehead atoms. The van der Waals surface area contributed by atoms with E-state index in [4.69, 9.17) is 0 Å². The molecule has 0 saturated heterocycles. The highest BCUT2D eigenvalue weighted by atomic mass is 28.2. The Morgan fingerprint density at radius 3 is 1.43 bits per heavy atom. The average Bonchev–Trinajstić information content (AvgIpc) is 3.69. The molecule has 0 saturated carbocycles. The predicted molar refractivity (Wildman–Crippen MR) is 199 cm³/mol. The zero-order valence-electron chi connectivity index (χ0n) is 26.4. The minimum Gasteiger partial charge on any atom is -0.326 e. The summed E-state index contributed by atoms with van der Waals surface area (Å²) in [5, 5.41) is 1.27. The van der Waals surface area contributed by atoms with E-state index >= 15 is 0 Å². The monoisotopic (exact) mass is 610 g/mol. The molecule has 0 amide bonds. The van der Waals surface area contributed by atoms with Gasteiger partial charge in [-0.1, -0.05) is 204 Å². The molecular formula is C42H39BN2Si. The molecule has 0 N–H and O–H groups in total. The van der Waals surface area contributed by atoms with Crippen molar-refractivity contribution in [2.75, 3.05) is 0 Å². The third-order valence-corrected chi connectivity index (χ3v) is 11.2. The van der Waals surface area contributed by atoms with Crippen LogP contribution in [0.1, 0.15) is 23.6 Å². The predicted octanol–water partition coefficient (Wildman–Crippen LogP) is 5.89. The van der Waals surface area contributed by atoms with Crippen molar-refractivity contribution in [1.82, 2.24) is 9.55 Å². The van der Waals surface area contributed by atoms with Gasteiger partial charge in [0.05, 0.1) is 21.0 Å². The molecule has 1 heterocycles. The molecular weight excluding hydrogens is 571 g/mol. The van der Waals surface area contributed by atoms with Crippen LogP contribution in [0, 0.1) is 0 Å². The molecule has 0 radical (unpaired) electrons. The van der Waals surface area contributed by atoms with E-state index in [0.29, 0.717) is 6.71 Å². The maximum Gasteiger partial charge on any atom is 0.241 e. The van der Waals surface area contributed by atoms with Crippen LogP contribution in [0.15, 0.2) is 195 Å². The Morgan fingerprint density at radius 2 is 1.02 bits per heavy atom. The molecule has 7 aromatic rings. The summed E-state index contributed by atoms with van der Waals surface area (Å²) in [6.07, 6.45) is 7.03. The van der Waals surface area contributed by atoms with Gasteiger partial charge in [-0.25, -0.2) is 4.98 Å². The number of aryl methyl sites for hydroxylation is 1. The molecule has 0 aliphatic heterocycles. The maximum absolute atomic E-state index is 4.40. The second-order valence-corrected chi connectivity index (χ2v) is 13.8. The summed E-state index contributed by atoms with van der Waals surface area (Å²) in [5.41, 5.74) is 8.05. The Bertz CT molecular complexity index is 1750. The third kappa shape index (κ3) is 7.04. The highest BCUT2D eigenvalue weighted by Gasteiger charge is 2.36. The van der Waals surface area contributed by atoms with E-state index < -0.39 is 9.52 Å². The van der Waals surface area contributed by atoms with Gasteiger partial charge in [-0.15, -0.1) is 0 Å². The molecule has 1 aromatic heterocycles. The Balaban J connectivity index is 0.000000172. The van der Waals surface area contributed by atoms with Crippen LogP contribution < -0.4 is 21.6 Å². The average molecular weight is 611 g/mol. The fourth-order valence-corrected chi connectivity index (χ4v) is 8.90. The fourth-order valence-electron chi connectivity index (χ4n) is 6.44. The van der Waals surface area contributed by atoms with Gasteiger partial charge in [0, 0.05) is 12.4 Å². The second kappa shape index (κ2) is 15.2. The topological polar surface area (TPSA) is 17.8 Å². The number of benzene rings is 6. The highest BCUT2D eigenvalue weighted by Crippen LogP contribution is 2.33. The van der Waals surface area contributed by atoms with E-state index in [0.717, 1.165) is 6.42 Å². The van der Waals surface area contributed by atoms with Crippen molar-refractivity contribution >= 4 is 37.8 Å². The second-order valence-electron chi connectivity index (χ2n) is 11.6. The minimum absolute atomic E-state index is 0.203. The van der Waals surface area contributed by atoms with Crippen molar-refractivity contribution in [3.8, 4) is 0 Å². The van der Waals surface area contributed by atoms with Crippen molar-refractivity contribution in [2.24, 2.45) is 0 Å². The van der Waals surface area contributed by atoms with Crippen LogP contribution in [0.4, 0.5) is 0 Å². The van der Waals surface area contributed by atoms with Crippen LogP contribution >= 0.6 is 0 Å². The molecule has 7 rings (SSSR count). The van der Waals surface area contributed by atoms with E-state index in [2.05, 4.69) is 199 Å². The van der Waals surface area contributed by atoms with Gasteiger partial charge in [-0.2, -0.15) is 0 Å². The maximum atomic E-state index is 4.40. The lowest BCUT2D eigenvalue weighted by atomic mass is 9.37.